The van der Waals surface area contributed by atoms with Crippen molar-refractivity contribution in [1.29, 1.82) is 0 Å². The molecule has 1 aromatic rings. The molecule has 1 rings (SSSR count). The standard InChI is InChI=1S/C14H27N5/c1-5-15-12-13-8-9-14(17-16-13)19(6-2)11-7-10-18(3)4/h8-9,15H,5-7,10-12H2,1-4H3. The van der Waals surface area contributed by atoms with Gasteiger partial charge in [-0.15, -0.1) is 5.10 Å². The van der Waals surface area contributed by atoms with Crippen molar-refractivity contribution >= 4 is 5.82 Å². The van der Waals surface area contributed by atoms with Gasteiger partial charge in [-0.2, -0.15) is 5.10 Å². The summed E-state index contributed by atoms with van der Waals surface area (Å²) < 4.78 is 0. The number of nitrogens with one attached hydrogen (secondary N) is 1. The Balaban J connectivity index is 2.50. The van der Waals surface area contributed by atoms with E-state index in [1.54, 1.807) is 0 Å². The third-order valence-electron chi connectivity index (χ3n) is 3.00. The number of hydrogen-bond acceptors (Lipinski definition) is 5. The third-order valence-corrected chi connectivity index (χ3v) is 3.00. The molecule has 5 heteroatoms. The average molecular weight is 265 g/mol. The van der Waals surface area contributed by atoms with Crippen molar-refractivity contribution in [3.8, 4) is 0 Å². The van der Waals surface area contributed by atoms with Gasteiger partial charge < -0.3 is 15.1 Å². The SMILES string of the molecule is CCNCc1ccc(N(CC)CCCN(C)C)nn1. The van der Waals surface area contributed by atoms with Gasteiger partial charge in [0, 0.05) is 19.6 Å². The predicted octanol–water partition coefficient (Wildman–Crippen LogP) is 1.36. The van der Waals surface area contributed by atoms with Crippen molar-refractivity contribution in [2.45, 2.75) is 26.8 Å². The zero-order chi connectivity index (χ0) is 14.1. The van der Waals surface area contributed by atoms with Crippen molar-refractivity contribution in [1.82, 2.24) is 20.4 Å². The Kier molecular flexibility index (Phi) is 7.36. The molecule has 0 aromatic carbocycles. The molecule has 0 atom stereocenters. The molecule has 0 radical (unpaired) electrons. The second-order valence-corrected chi connectivity index (χ2v) is 4.90. The highest BCUT2D eigenvalue weighted by atomic mass is 15.3. The molecule has 1 N–H and O–H groups in total. The fraction of sp³-hybridized carbons (Fsp3) is 0.714. The smallest absolute Gasteiger partial charge is 0.151 e. The van der Waals surface area contributed by atoms with Gasteiger partial charge in [-0.3, -0.25) is 0 Å². The first kappa shape index (κ1) is 15.9. The summed E-state index contributed by atoms with van der Waals surface area (Å²) in [4.78, 5) is 4.48. The van der Waals surface area contributed by atoms with Crippen molar-refractivity contribution in [2.75, 3.05) is 45.2 Å². The average Bonchev–Trinajstić information content (AvgIpc) is 2.42. The van der Waals surface area contributed by atoms with Gasteiger partial charge >= 0.3 is 0 Å². The first-order valence-corrected chi connectivity index (χ1v) is 7.10. The number of hydrogen-bond donors (Lipinski definition) is 1. The molecule has 0 unspecified atom stereocenters. The van der Waals surface area contributed by atoms with Crippen LogP contribution in [0.5, 0.6) is 0 Å². The molecule has 0 aliphatic carbocycles. The second-order valence-electron chi connectivity index (χ2n) is 4.90. The lowest BCUT2D eigenvalue weighted by molar-refractivity contribution is 0.400. The topological polar surface area (TPSA) is 44.3 Å². The lowest BCUT2D eigenvalue weighted by Crippen LogP contribution is -2.28. The molecule has 1 aromatic heterocycles. The fourth-order valence-electron chi connectivity index (χ4n) is 1.88. The lowest BCUT2D eigenvalue weighted by atomic mass is 10.3. The first-order valence-electron chi connectivity index (χ1n) is 7.10. The maximum atomic E-state index is 4.32. The highest BCUT2D eigenvalue weighted by Gasteiger charge is 2.06. The molecule has 1 heterocycles. The predicted molar refractivity (Wildman–Crippen MR) is 80.5 cm³/mol. The van der Waals surface area contributed by atoms with E-state index in [0.29, 0.717) is 0 Å². The van der Waals surface area contributed by atoms with Crippen LogP contribution in [0.3, 0.4) is 0 Å². The van der Waals surface area contributed by atoms with Crippen LogP contribution in [0, 0.1) is 0 Å². The minimum atomic E-state index is 0.788. The minimum absolute atomic E-state index is 0.788. The van der Waals surface area contributed by atoms with Gasteiger partial charge in [0.1, 0.15) is 0 Å². The highest BCUT2D eigenvalue weighted by molar-refractivity contribution is 5.36. The Labute approximate surface area is 117 Å². The van der Waals surface area contributed by atoms with Crippen LogP contribution < -0.4 is 10.2 Å². The summed E-state index contributed by atoms with van der Waals surface area (Å²) in [7, 11) is 4.21. The van der Waals surface area contributed by atoms with Gasteiger partial charge in [0.15, 0.2) is 5.82 Å². The molecular weight excluding hydrogens is 238 g/mol. The van der Waals surface area contributed by atoms with Gasteiger partial charge in [0.2, 0.25) is 0 Å². The van der Waals surface area contributed by atoms with Gasteiger partial charge in [-0.05, 0) is 52.7 Å². The molecule has 0 bridgehead atoms. The van der Waals surface area contributed by atoms with Crippen LogP contribution in [-0.2, 0) is 6.54 Å². The Morgan fingerprint density at radius 1 is 1.11 bits per heavy atom. The van der Waals surface area contributed by atoms with Crippen molar-refractivity contribution in [2.24, 2.45) is 0 Å². The van der Waals surface area contributed by atoms with E-state index in [4.69, 9.17) is 0 Å². The van der Waals surface area contributed by atoms with E-state index < -0.39 is 0 Å². The van der Waals surface area contributed by atoms with Crippen LogP contribution in [0.4, 0.5) is 5.82 Å². The third kappa shape index (κ3) is 5.98. The van der Waals surface area contributed by atoms with Crippen LogP contribution in [0.2, 0.25) is 0 Å². The molecule has 108 valence electrons. The van der Waals surface area contributed by atoms with E-state index in [-0.39, 0.29) is 0 Å². The lowest BCUT2D eigenvalue weighted by Gasteiger charge is -2.22. The number of aromatic nitrogens is 2. The summed E-state index contributed by atoms with van der Waals surface area (Å²) in [6.07, 6.45) is 1.14. The summed E-state index contributed by atoms with van der Waals surface area (Å²) in [6, 6.07) is 4.12. The van der Waals surface area contributed by atoms with Crippen LogP contribution in [0.25, 0.3) is 0 Å². The largest absolute Gasteiger partial charge is 0.355 e. The minimum Gasteiger partial charge on any atom is -0.355 e. The number of rotatable bonds is 9. The number of anilines is 1. The number of nitrogens with zero attached hydrogens (tertiary/aromatic N) is 4. The maximum absolute atomic E-state index is 4.32. The Morgan fingerprint density at radius 3 is 2.42 bits per heavy atom. The van der Waals surface area contributed by atoms with Crippen LogP contribution in [0.15, 0.2) is 12.1 Å². The zero-order valence-corrected chi connectivity index (χ0v) is 12.7. The van der Waals surface area contributed by atoms with Gasteiger partial charge in [-0.25, -0.2) is 0 Å². The van der Waals surface area contributed by atoms with Gasteiger partial charge in [0.05, 0.1) is 5.69 Å². The van der Waals surface area contributed by atoms with E-state index in [2.05, 4.69) is 65.4 Å². The fourth-order valence-corrected chi connectivity index (χ4v) is 1.88. The summed E-state index contributed by atoms with van der Waals surface area (Å²) in [5.74, 6) is 0.974. The molecule has 5 nitrogen and oxygen atoms in total. The molecule has 0 aliphatic heterocycles. The zero-order valence-electron chi connectivity index (χ0n) is 12.7. The van der Waals surface area contributed by atoms with E-state index in [0.717, 1.165) is 50.7 Å². The molecular formula is C14H27N5. The maximum Gasteiger partial charge on any atom is 0.151 e. The summed E-state index contributed by atoms with van der Waals surface area (Å²) in [5, 5.41) is 11.8. The molecule has 0 saturated carbocycles. The molecule has 0 spiro atoms. The Hall–Kier alpha value is -1.20. The van der Waals surface area contributed by atoms with E-state index in [9.17, 15) is 0 Å². The Morgan fingerprint density at radius 2 is 1.89 bits per heavy atom. The summed E-state index contributed by atoms with van der Waals surface area (Å²) in [6.45, 7) is 9.08. The van der Waals surface area contributed by atoms with Crippen molar-refractivity contribution in [3.05, 3.63) is 17.8 Å². The Bertz CT molecular complexity index is 336. The molecule has 0 fully saturated rings. The highest BCUT2D eigenvalue weighted by Crippen LogP contribution is 2.09. The molecule has 0 saturated heterocycles. The quantitative estimate of drug-likeness (QED) is 0.730. The normalized spacial score (nSPS) is 11.0. The van der Waals surface area contributed by atoms with Gasteiger partial charge in [0.25, 0.3) is 0 Å². The van der Waals surface area contributed by atoms with E-state index in [1.165, 1.54) is 0 Å². The summed E-state index contributed by atoms with van der Waals surface area (Å²) in [5.41, 5.74) is 0.995. The van der Waals surface area contributed by atoms with Crippen LogP contribution in [-0.4, -0.2) is 55.4 Å². The summed E-state index contributed by atoms with van der Waals surface area (Å²) >= 11 is 0. The van der Waals surface area contributed by atoms with Crippen LogP contribution >= 0.6 is 0 Å². The van der Waals surface area contributed by atoms with E-state index >= 15 is 0 Å². The monoisotopic (exact) mass is 265 g/mol. The van der Waals surface area contributed by atoms with Crippen molar-refractivity contribution in [3.63, 3.8) is 0 Å². The molecule has 0 aliphatic rings. The van der Waals surface area contributed by atoms with Crippen molar-refractivity contribution < 1.29 is 0 Å². The van der Waals surface area contributed by atoms with Gasteiger partial charge in [-0.1, -0.05) is 6.92 Å². The first-order chi connectivity index (χ1) is 9.17. The molecule has 0 amide bonds. The van der Waals surface area contributed by atoms with E-state index in [1.807, 2.05) is 0 Å². The second kappa shape index (κ2) is 8.82. The molecule has 19 heavy (non-hydrogen) atoms. The van der Waals surface area contributed by atoms with Crippen LogP contribution in [0.1, 0.15) is 26.0 Å².